The van der Waals surface area contributed by atoms with E-state index in [0.717, 1.165) is 37.3 Å². The third-order valence-electron chi connectivity index (χ3n) is 4.73. The zero-order valence-electron chi connectivity index (χ0n) is 15.2. The summed E-state index contributed by atoms with van der Waals surface area (Å²) in [6, 6.07) is 6.00. The van der Waals surface area contributed by atoms with E-state index in [2.05, 4.69) is 20.2 Å². The van der Waals surface area contributed by atoms with Crippen LogP contribution in [0.3, 0.4) is 0 Å². The Labute approximate surface area is 158 Å². The zero-order valence-corrected chi connectivity index (χ0v) is 15.2. The van der Waals surface area contributed by atoms with Crippen molar-refractivity contribution < 1.29 is 14.7 Å². The molecule has 0 bridgehead atoms. The zero-order chi connectivity index (χ0) is 19.1. The summed E-state index contributed by atoms with van der Waals surface area (Å²) in [5.74, 6) is -0.652. The number of carboxylic acids is 1. The number of aliphatic carboxylic acids is 1. The summed E-state index contributed by atoms with van der Waals surface area (Å²) in [6.07, 6.45) is 9.70. The van der Waals surface area contributed by atoms with Gasteiger partial charge in [-0.25, -0.2) is 9.78 Å². The number of carboxylic acid groups (broad SMARTS) is 1. The summed E-state index contributed by atoms with van der Waals surface area (Å²) >= 11 is 0. The summed E-state index contributed by atoms with van der Waals surface area (Å²) in [5, 5.41) is 12.0. The molecule has 1 aliphatic rings. The van der Waals surface area contributed by atoms with Crippen LogP contribution in [-0.4, -0.2) is 46.1 Å². The molecule has 1 unspecified atom stereocenters. The molecule has 2 aromatic heterocycles. The van der Waals surface area contributed by atoms with E-state index < -0.39 is 17.9 Å². The highest BCUT2D eigenvalue weighted by Crippen LogP contribution is 2.17. The fourth-order valence-electron chi connectivity index (χ4n) is 3.20. The Hall–Kier alpha value is -2.96. The molecule has 1 fully saturated rings. The van der Waals surface area contributed by atoms with Crippen molar-refractivity contribution in [3.8, 4) is 0 Å². The molecule has 0 aliphatic carbocycles. The Morgan fingerprint density at radius 3 is 2.37 bits per heavy atom. The number of amides is 1. The number of nitrogens with one attached hydrogen (secondary N) is 1. The van der Waals surface area contributed by atoms with Gasteiger partial charge in [0.2, 0.25) is 0 Å². The topological polar surface area (TPSA) is 95.4 Å². The molecule has 27 heavy (non-hydrogen) atoms. The van der Waals surface area contributed by atoms with Crippen LogP contribution in [-0.2, 0) is 11.2 Å². The van der Waals surface area contributed by atoms with E-state index in [1.165, 1.54) is 19.0 Å². The maximum Gasteiger partial charge on any atom is 0.326 e. The van der Waals surface area contributed by atoms with Gasteiger partial charge < -0.3 is 15.3 Å². The van der Waals surface area contributed by atoms with E-state index in [1.807, 2.05) is 6.07 Å². The van der Waals surface area contributed by atoms with Crippen LogP contribution in [0.15, 0.2) is 42.9 Å². The molecule has 7 nitrogen and oxygen atoms in total. The molecule has 0 radical (unpaired) electrons. The Morgan fingerprint density at radius 1 is 1.07 bits per heavy atom. The van der Waals surface area contributed by atoms with Crippen molar-refractivity contribution in [2.45, 2.75) is 38.1 Å². The molecule has 2 N–H and O–H groups in total. The van der Waals surface area contributed by atoms with Crippen LogP contribution in [0, 0.1) is 0 Å². The molecule has 0 spiro atoms. The third kappa shape index (κ3) is 5.26. The molecule has 142 valence electrons. The lowest BCUT2D eigenvalue weighted by molar-refractivity contribution is -0.139. The fraction of sp³-hybridized carbons (Fsp3) is 0.400. The molecule has 3 heterocycles. The lowest BCUT2D eigenvalue weighted by Gasteiger charge is -2.21. The van der Waals surface area contributed by atoms with E-state index in [9.17, 15) is 14.7 Å². The average Bonchev–Trinajstić information content (AvgIpc) is 2.98. The number of carbonyl (C=O) groups excluding carboxylic acids is 1. The maximum atomic E-state index is 12.5. The quantitative estimate of drug-likeness (QED) is 0.812. The Bertz CT molecular complexity index is 757. The van der Waals surface area contributed by atoms with Crippen LogP contribution >= 0.6 is 0 Å². The van der Waals surface area contributed by atoms with Crippen LogP contribution < -0.4 is 10.2 Å². The van der Waals surface area contributed by atoms with Crippen LogP contribution in [0.5, 0.6) is 0 Å². The van der Waals surface area contributed by atoms with Gasteiger partial charge in [0.15, 0.2) is 0 Å². The molecular formula is C20H24N4O3. The number of anilines is 1. The van der Waals surface area contributed by atoms with Gasteiger partial charge in [0.25, 0.3) is 5.91 Å². The van der Waals surface area contributed by atoms with Gasteiger partial charge in [0.05, 0.1) is 5.56 Å². The van der Waals surface area contributed by atoms with E-state index in [0.29, 0.717) is 5.56 Å². The Morgan fingerprint density at radius 2 is 1.78 bits per heavy atom. The van der Waals surface area contributed by atoms with Crippen molar-refractivity contribution in [1.82, 2.24) is 15.3 Å². The van der Waals surface area contributed by atoms with Crippen molar-refractivity contribution in [2.75, 3.05) is 18.0 Å². The van der Waals surface area contributed by atoms with Crippen LogP contribution in [0.4, 0.5) is 5.82 Å². The molecule has 1 atom stereocenters. The first-order valence-electron chi connectivity index (χ1n) is 9.27. The van der Waals surface area contributed by atoms with E-state index in [1.54, 1.807) is 30.6 Å². The lowest BCUT2D eigenvalue weighted by atomic mass is 10.1. The van der Waals surface area contributed by atoms with Gasteiger partial charge in [-0.05, 0) is 42.7 Å². The Kier molecular flexibility index (Phi) is 6.35. The average molecular weight is 368 g/mol. The summed E-state index contributed by atoms with van der Waals surface area (Å²) in [4.78, 5) is 34.5. The largest absolute Gasteiger partial charge is 0.480 e. The minimum absolute atomic E-state index is 0.197. The summed E-state index contributed by atoms with van der Waals surface area (Å²) in [5.41, 5.74) is 1.15. The number of pyridine rings is 2. The highest BCUT2D eigenvalue weighted by Gasteiger charge is 2.21. The second-order valence-corrected chi connectivity index (χ2v) is 6.73. The monoisotopic (exact) mass is 368 g/mol. The smallest absolute Gasteiger partial charge is 0.326 e. The first-order valence-corrected chi connectivity index (χ1v) is 9.27. The fourth-order valence-corrected chi connectivity index (χ4v) is 3.20. The van der Waals surface area contributed by atoms with Crippen molar-refractivity contribution in [2.24, 2.45) is 0 Å². The predicted octanol–water partition coefficient (Wildman–Crippen LogP) is 2.28. The van der Waals surface area contributed by atoms with Crippen LogP contribution in [0.2, 0.25) is 0 Å². The SMILES string of the molecule is O=C(NC(Cc1ccncc1)C(=O)O)c1ccc(N2CCCCCC2)nc1. The third-order valence-corrected chi connectivity index (χ3v) is 4.73. The van der Waals surface area contributed by atoms with E-state index in [-0.39, 0.29) is 6.42 Å². The summed E-state index contributed by atoms with van der Waals surface area (Å²) < 4.78 is 0. The van der Waals surface area contributed by atoms with Gasteiger partial charge in [-0.2, -0.15) is 0 Å². The van der Waals surface area contributed by atoms with Gasteiger partial charge in [0, 0.05) is 38.1 Å². The highest BCUT2D eigenvalue weighted by atomic mass is 16.4. The lowest BCUT2D eigenvalue weighted by Crippen LogP contribution is -2.42. The second-order valence-electron chi connectivity index (χ2n) is 6.73. The molecule has 1 amide bonds. The van der Waals surface area contributed by atoms with Crippen LogP contribution in [0.1, 0.15) is 41.6 Å². The van der Waals surface area contributed by atoms with Gasteiger partial charge in [0.1, 0.15) is 11.9 Å². The number of carbonyl (C=O) groups is 2. The minimum Gasteiger partial charge on any atom is -0.480 e. The van der Waals surface area contributed by atoms with Crippen LogP contribution in [0.25, 0.3) is 0 Å². The molecule has 0 aromatic carbocycles. The molecule has 1 saturated heterocycles. The number of aromatic nitrogens is 2. The van der Waals surface area contributed by atoms with Gasteiger partial charge >= 0.3 is 5.97 Å². The maximum absolute atomic E-state index is 12.5. The normalized spacial score (nSPS) is 15.6. The number of nitrogens with zero attached hydrogens (tertiary/aromatic N) is 3. The molecule has 1 aliphatic heterocycles. The first-order chi connectivity index (χ1) is 13.1. The number of hydrogen-bond acceptors (Lipinski definition) is 5. The van der Waals surface area contributed by atoms with Crippen molar-refractivity contribution in [1.29, 1.82) is 0 Å². The molecule has 3 rings (SSSR count). The standard InChI is InChI=1S/C20H24N4O3/c25-19(23-17(20(26)27)13-15-7-9-21-10-8-15)16-5-6-18(22-14-16)24-11-3-1-2-4-12-24/h5-10,14,17H,1-4,11-13H2,(H,23,25)(H,26,27). The first kappa shape index (κ1) is 18.8. The second kappa shape index (κ2) is 9.12. The number of hydrogen-bond donors (Lipinski definition) is 2. The van der Waals surface area contributed by atoms with Gasteiger partial charge in [-0.3, -0.25) is 9.78 Å². The highest BCUT2D eigenvalue weighted by molar-refractivity contribution is 5.96. The summed E-state index contributed by atoms with van der Waals surface area (Å²) in [7, 11) is 0. The van der Waals surface area contributed by atoms with Crippen molar-refractivity contribution >= 4 is 17.7 Å². The molecular weight excluding hydrogens is 344 g/mol. The summed E-state index contributed by atoms with van der Waals surface area (Å²) in [6.45, 7) is 1.96. The molecule has 0 saturated carbocycles. The number of rotatable bonds is 6. The van der Waals surface area contributed by atoms with Crippen molar-refractivity contribution in [3.05, 3.63) is 54.0 Å². The van der Waals surface area contributed by atoms with Crippen molar-refractivity contribution in [3.63, 3.8) is 0 Å². The Balaban J connectivity index is 1.64. The van der Waals surface area contributed by atoms with E-state index in [4.69, 9.17) is 0 Å². The predicted molar refractivity (Wildman–Crippen MR) is 102 cm³/mol. The van der Waals surface area contributed by atoms with Gasteiger partial charge in [-0.15, -0.1) is 0 Å². The van der Waals surface area contributed by atoms with Gasteiger partial charge in [-0.1, -0.05) is 12.8 Å². The van der Waals surface area contributed by atoms with E-state index >= 15 is 0 Å². The molecule has 7 heteroatoms. The minimum atomic E-state index is -1.07. The molecule has 2 aromatic rings.